The molecule has 0 bridgehead atoms. The number of aromatic nitrogens is 1. The van der Waals surface area contributed by atoms with Crippen LogP contribution in [0.3, 0.4) is 0 Å². The summed E-state index contributed by atoms with van der Waals surface area (Å²) >= 11 is 0. The van der Waals surface area contributed by atoms with Crippen molar-refractivity contribution in [3.05, 3.63) is 84.2 Å². The number of nitrogens with zero attached hydrogens (tertiary/aromatic N) is 2. The molecule has 1 N–H and O–H groups in total. The topological polar surface area (TPSA) is 62.3 Å². The number of hydrogen-bond donors (Lipinski definition) is 1. The van der Waals surface area contributed by atoms with E-state index >= 15 is 0 Å². The Kier molecular flexibility index (Phi) is 6.74. The third kappa shape index (κ3) is 5.29. The Hall–Kier alpha value is -3.47. The van der Waals surface area contributed by atoms with Crippen LogP contribution in [0, 0.1) is 0 Å². The van der Waals surface area contributed by atoms with Crippen molar-refractivity contribution in [2.24, 2.45) is 0 Å². The van der Waals surface area contributed by atoms with Crippen LogP contribution >= 0.6 is 0 Å². The number of pyridine rings is 1. The van der Waals surface area contributed by atoms with Gasteiger partial charge in [0.1, 0.15) is 0 Å². The number of Topliss-reactive ketones (excluding diaryl/α,β-unsaturated/α-hetero) is 1. The number of rotatable bonds is 7. The Morgan fingerprint density at radius 3 is 2.21 bits per heavy atom. The molecule has 5 heteroatoms. The average Bonchev–Trinajstić information content (AvgIpc) is 2.78. The van der Waals surface area contributed by atoms with Gasteiger partial charge in [0.15, 0.2) is 5.78 Å². The van der Waals surface area contributed by atoms with E-state index in [1.807, 2.05) is 67.6 Å². The third-order valence-corrected chi connectivity index (χ3v) is 4.79. The highest BCUT2D eigenvalue weighted by molar-refractivity contribution is 5.96. The largest absolute Gasteiger partial charge is 0.338 e. The van der Waals surface area contributed by atoms with Crippen LogP contribution in [-0.4, -0.2) is 30.4 Å². The van der Waals surface area contributed by atoms with Crippen LogP contribution in [0.4, 0.5) is 10.5 Å². The van der Waals surface area contributed by atoms with Crippen LogP contribution in [0.15, 0.2) is 73.1 Å². The molecule has 0 unspecified atom stereocenters. The van der Waals surface area contributed by atoms with Gasteiger partial charge >= 0.3 is 6.03 Å². The first-order chi connectivity index (χ1) is 14.1. The molecule has 0 aliphatic rings. The fraction of sp³-hybridized carbons (Fsp3) is 0.208. The number of urea groups is 1. The summed E-state index contributed by atoms with van der Waals surface area (Å²) in [4.78, 5) is 30.0. The lowest BCUT2D eigenvalue weighted by Gasteiger charge is -2.17. The molecule has 0 aliphatic heterocycles. The average molecular weight is 387 g/mol. The minimum absolute atomic E-state index is 0.124. The smallest absolute Gasteiger partial charge is 0.321 e. The fourth-order valence-corrected chi connectivity index (χ4v) is 3.06. The number of amides is 2. The monoisotopic (exact) mass is 387 g/mol. The van der Waals surface area contributed by atoms with Crippen LogP contribution in [0.1, 0.15) is 29.3 Å². The van der Waals surface area contributed by atoms with E-state index in [1.54, 1.807) is 24.3 Å². The second-order valence-corrected chi connectivity index (χ2v) is 6.80. The molecule has 3 rings (SSSR count). The number of nitrogens with one attached hydrogen (secondary N) is 1. The molecule has 0 saturated heterocycles. The number of hydrogen-bond acceptors (Lipinski definition) is 3. The van der Waals surface area contributed by atoms with Crippen molar-refractivity contribution in [3.63, 3.8) is 0 Å². The molecule has 148 valence electrons. The van der Waals surface area contributed by atoms with Gasteiger partial charge in [0, 0.05) is 43.7 Å². The predicted octanol–water partition coefficient (Wildman–Crippen LogP) is 4.73. The van der Waals surface area contributed by atoms with Crippen molar-refractivity contribution in [1.29, 1.82) is 0 Å². The highest BCUT2D eigenvalue weighted by Crippen LogP contribution is 2.23. The van der Waals surface area contributed by atoms with E-state index in [2.05, 4.69) is 10.3 Å². The molecule has 5 nitrogen and oxygen atoms in total. The Bertz CT molecular complexity index is 952. The van der Waals surface area contributed by atoms with Gasteiger partial charge in [-0.05, 0) is 48.2 Å². The first-order valence-electron chi connectivity index (χ1n) is 9.72. The van der Waals surface area contributed by atoms with Crippen LogP contribution in [0.25, 0.3) is 11.1 Å². The van der Waals surface area contributed by atoms with E-state index in [1.165, 1.54) is 0 Å². The van der Waals surface area contributed by atoms with E-state index in [0.29, 0.717) is 24.9 Å². The lowest BCUT2D eigenvalue weighted by Crippen LogP contribution is -2.36. The van der Waals surface area contributed by atoms with Gasteiger partial charge in [-0.2, -0.15) is 0 Å². The zero-order valence-corrected chi connectivity index (χ0v) is 16.8. The molecule has 1 aromatic heterocycles. The number of carbonyl (C=O) groups is 2. The summed E-state index contributed by atoms with van der Waals surface area (Å²) in [6.45, 7) is 2.48. The lowest BCUT2D eigenvalue weighted by molar-refractivity contribution is 0.0983. The van der Waals surface area contributed by atoms with Gasteiger partial charge in [-0.25, -0.2) is 4.79 Å². The maximum atomic E-state index is 12.4. The minimum Gasteiger partial charge on any atom is -0.338 e. The second kappa shape index (κ2) is 9.64. The molecule has 0 aliphatic carbocycles. The van der Waals surface area contributed by atoms with Gasteiger partial charge in [-0.1, -0.05) is 42.5 Å². The molecule has 0 fully saturated rings. The number of benzene rings is 2. The van der Waals surface area contributed by atoms with Gasteiger partial charge in [-0.15, -0.1) is 0 Å². The van der Waals surface area contributed by atoms with Crippen molar-refractivity contribution in [2.75, 3.05) is 18.5 Å². The number of carbonyl (C=O) groups excluding carboxylic acids is 2. The molecule has 0 saturated carbocycles. The SMILES string of the molecule is CCNC(=O)N(C)c1ccc(-c2ccc(C(=O)CCc3cccnc3)cc2)cc1. The van der Waals surface area contributed by atoms with Crippen molar-refractivity contribution >= 4 is 17.5 Å². The lowest BCUT2D eigenvalue weighted by atomic mass is 9.99. The van der Waals surface area contributed by atoms with Crippen LogP contribution in [0.5, 0.6) is 0 Å². The Morgan fingerprint density at radius 2 is 1.62 bits per heavy atom. The third-order valence-electron chi connectivity index (χ3n) is 4.79. The Balaban J connectivity index is 1.63. The zero-order valence-electron chi connectivity index (χ0n) is 16.8. The second-order valence-electron chi connectivity index (χ2n) is 6.80. The number of anilines is 1. The van der Waals surface area contributed by atoms with Gasteiger partial charge in [0.25, 0.3) is 0 Å². The van der Waals surface area contributed by atoms with Gasteiger partial charge < -0.3 is 5.32 Å². The van der Waals surface area contributed by atoms with Crippen molar-refractivity contribution in [2.45, 2.75) is 19.8 Å². The summed E-state index contributed by atoms with van der Waals surface area (Å²) in [6.07, 6.45) is 4.68. The van der Waals surface area contributed by atoms with E-state index in [4.69, 9.17) is 0 Å². The highest BCUT2D eigenvalue weighted by atomic mass is 16.2. The summed E-state index contributed by atoms with van der Waals surface area (Å²) < 4.78 is 0. The molecule has 0 atom stereocenters. The Labute approximate surface area is 171 Å². The molecule has 29 heavy (non-hydrogen) atoms. The van der Waals surface area contributed by atoms with Crippen LogP contribution < -0.4 is 10.2 Å². The summed E-state index contributed by atoms with van der Waals surface area (Å²) in [6, 6.07) is 19.2. The molecule has 2 amide bonds. The first kappa shape index (κ1) is 20.3. The van der Waals surface area contributed by atoms with Crippen LogP contribution in [-0.2, 0) is 6.42 Å². The van der Waals surface area contributed by atoms with Crippen molar-refractivity contribution in [1.82, 2.24) is 10.3 Å². The standard InChI is InChI=1S/C24H25N3O2/c1-3-26-24(29)27(2)22-13-11-20(12-14-22)19-7-9-21(10-8-19)23(28)15-6-18-5-4-16-25-17-18/h4-5,7-14,16-17H,3,6,15H2,1-2H3,(H,26,29). The highest BCUT2D eigenvalue weighted by Gasteiger charge is 2.10. The number of ketones is 1. The van der Waals surface area contributed by atoms with Gasteiger partial charge in [0.05, 0.1) is 0 Å². The molecule has 0 spiro atoms. The van der Waals surface area contributed by atoms with Crippen molar-refractivity contribution < 1.29 is 9.59 Å². The summed E-state index contributed by atoms with van der Waals surface area (Å²) in [5.74, 6) is 0.124. The van der Waals surface area contributed by atoms with Crippen LogP contribution in [0.2, 0.25) is 0 Å². The zero-order chi connectivity index (χ0) is 20.6. The number of aryl methyl sites for hydroxylation is 1. The van der Waals surface area contributed by atoms with Gasteiger partial charge in [0.2, 0.25) is 0 Å². The molecular formula is C24H25N3O2. The minimum atomic E-state index is -0.130. The van der Waals surface area contributed by atoms with E-state index in [0.717, 1.165) is 22.4 Å². The van der Waals surface area contributed by atoms with Crippen molar-refractivity contribution in [3.8, 4) is 11.1 Å². The first-order valence-corrected chi connectivity index (χ1v) is 9.72. The summed E-state index contributed by atoms with van der Waals surface area (Å²) in [5, 5.41) is 2.78. The molecule has 1 heterocycles. The quantitative estimate of drug-likeness (QED) is 0.596. The molecule has 0 radical (unpaired) electrons. The molecule has 3 aromatic rings. The molecular weight excluding hydrogens is 362 g/mol. The predicted molar refractivity (Wildman–Crippen MR) is 116 cm³/mol. The summed E-state index contributed by atoms with van der Waals surface area (Å²) in [5.41, 5.74) is 4.66. The maximum Gasteiger partial charge on any atom is 0.321 e. The Morgan fingerprint density at radius 1 is 0.966 bits per heavy atom. The van der Waals surface area contributed by atoms with E-state index in [9.17, 15) is 9.59 Å². The molecule has 2 aromatic carbocycles. The summed E-state index contributed by atoms with van der Waals surface area (Å²) in [7, 11) is 1.74. The van der Waals surface area contributed by atoms with Gasteiger partial charge in [-0.3, -0.25) is 14.7 Å². The fourth-order valence-electron chi connectivity index (χ4n) is 3.06. The van der Waals surface area contributed by atoms with E-state index < -0.39 is 0 Å². The van der Waals surface area contributed by atoms with E-state index in [-0.39, 0.29) is 11.8 Å². The maximum absolute atomic E-state index is 12.4. The normalized spacial score (nSPS) is 10.4.